The Morgan fingerprint density at radius 1 is 1.06 bits per heavy atom. The van der Waals surface area contributed by atoms with Gasteiger partial charge in [0, 0.05) is 31.1 Å². The van der Waals surface area contributed by atoms with Gasteiger partial charge in [0.1, 0.15) is 6.04 Å². The summed E-state index contributed by atoms with van der Waals surface area (Å²) in [5.74, 6) is -0.409. The highest BCUT2D eigenvalue weighted by atomic mass is 35.5. The van der Waals surface area contributed by atoms with Crippen molar-refractivity contribution in [2.75, 3.05) is 7.05 Å². The number of carbonyl (C=O) groups is 2. The van der Waals surface area contributed by atoms with Crippen LogP contribution in [0.15, 0.2) is 53.4 Å². The topological polar surface area (TPSA) is 95.6 Å². The molecule has 32 heavy (non-hydrogen) atoms. The van der Waals surface area contributed by atoms with Crippen LogP contribution in [0.5, 0.6) is 0 Å². The summed E-state index contributed by atoms with van der Waals surface area (Å²) < 4.78 is 27.2. The third-order valence-electron chi connectivity index (χ3n) is 5.44. The monoisotopic (exact) mass is 477 g/mol. The van der Waals surface area contributed by atoms with E-state index < -0.39 is 16.1 Å². The highest BCUT2D eigenvalue weighted by Gasteiger charge is 2.28. The molecule has 0 spiro atoms. The number of nitrogens with zero attached hydrogens (tertiary/aromatic N) is 1. The van der Waals surface area contributed by atoms with Gasteiger partial charge in [0.05, 0.1) is 4.90 Å². The fourth-order valence-corrected chi connectivity index (χ4v) is 4.73. The van der Waals surface area contributed by atoms with Gasteiger partial charge in [-0.25, -0.2) is 13.1 Å². The van der Waals surface area contributed by atoms with E-state index in [2.05, 4.69) is 10.0 Å². The second kappa shape index (κ2) is 10.5. The molecule has 2 aromatic rings. The van der Waals surface area contributed by atoms with Gasteiger partial charge < -0.3 is 10.2 Å². The van der Waals surface area contributed by atoms with Crippen molar-refractivity contribution in [1.29, 1.82) is 0 Å². The van der Waals surface area contributed by atoms with Gasteiger partial charge >= 0.3 is 0 Å². The van der Waals surface area contributed by atoms with E-state index in [0.29, 0.717) is 11.4 Å². The number of rotatable bonds is 10. The molecule has 1 unspecified atom stereocenters. The van der Waals surface area contributed by atoms with Gasteiger partial charge in [-0.05, 0) is 61.6 Å². The molecule has 0 bridgehead atoms. The molecule has 1 aliphatic rings. The zero-order valence-corrected chi connectivity index (χ0v) is 19.7. The Morgan fingerprint density at radius 2 is 1.66 bits per heavy atom. The molecule has 2 N–H and O–H groups in total. The minimum absolute atomic E-state index is 0.0474. The molecule has 172 valence electrons. The standard InChI is InChI=1S/C23H28ClN3O4S/c1-16(23(29)25-2)27(15-18-3-8-19(24)9-4-18)22(28)14-7-17-5-12-21(13-6-17)32(30,31)26-20-10-11-20/h3-6,8-9,12-13,16,20,26H,7,10-11,14-15H2,1-2H3,(H,25,29). The van der Waals surface area contributed by atoms with Crippen molar-refractivity contribution in [3.05, 3.63) is 64.7 Å². The summed E-state index contributed by atoms with van der Waals surface area (Å²) in [6, 6.07) is 13.1. The lowest BCUT2D eigenvalue weighted by molar-refractivity contribution is -0.140. The highest BCUT2D eigenvalue weighted by Crippen LogP contribution is 2.22. The molecule has 1 saturated carbocycles. The van der Waals surface area contributed by atoms with Crippen LogP contribution in [0.4, 0.5) is 0 Å². The maximum Gasteiger partial charge on any atom is 0.242 e. The third-order valence-corrected chi connectivity index (χ3v) is 7.23. The van der Waals surface area contributed by atoms with E-state index in [9.17, 15) is 18.0 Å². The second-order valence-electron chi connectivity index (χ2n) is 7.98. The van der Waals surface area contributed by atoms with Crippen LogP contribution in [-0.4, -0.2) is 44.3 Å². The number of likely N-dealkylation sites (N-methyl/N-ethyl adjacent to an activating group) is 1. The summed E-state index contributed by atoms with van der Waals surface area (Å²) in [5.41, 5.74) is 1.72. The van der Waals surface area contributed by atoms with Crippen LogP contribution in [0.25, 0.3) is 0 Å². The van der Waals surface area contributed by atoms with Crippen LogP contribution in [0.3, 0.4) is 0 Å². The number of benzene rings is 2. The van der Waals surface area contributed by atoms with Gasteiger partial charge in [0.15, 0.2) is 0 Å². The average molecular weight is 478 g/mol. The minimum atomic E-state index is -3.50. The van der Waals surface area contributed by atoms with Crippen molar-refractivity contribution >= 4 is 33.4 Å². The van der Waals surface area contributed by atoms with Gasteiger partial charge in [-0.15, -0.1) is 0 Å². The quantitative estimate of drug-likeness (QED) is 0.550. The van der Waals surface area contributed by atoms with Crippen LogP contribution < -0.4 is 10.0 Å². The van der Waals surface area contributed by atoms with Gasteiger partial charge in [-0.2, -0.15) is 0 Å². The normalized spacial score (nSPS) is 14.6. The summed E-state index contributed by atoms with van der Waals surface area (Å²) in [4.78, 5) is 27.0. The molecule has 1 fully saturated rings. The number of halogens is 1. The number of aryl methyl sites for hydroxylation is 1. The predicted molar refractivity (Wildman–Crippen MR) is 124 cm³/mol. The highest BCUT2D eigenvalue weighted by molar-refractivity contribution is 7.89. The lowest BCUT2D eigenvalue weighted by Crippen LogP contribution is -2.46. The van der Waals surface area contributed by atoms with Crippen LogP contribution in [0, 0.1) is 0 Å². The van der Waals surface area contributed by atoms with E-state index in [1.807, 2.05) is 12.1 Å². The van der Waals surface area contributed by atoms with Gasteiger partial charge in [-0.3, -0.25) is 9.59 Å². The molecule has 2 amide bonds. The van der Waals surface area contributed by atoms with E-state index in [-0.39, 0.29) is 35.7 Å². The SMILES string of the molecule is CNC(=O)C(C)N(Cc1ccc(Cl)cc1)C(=O)CCc1ccc(S(=O)(=O)NC2CC2)cc1. The Morgan fingerprint density at radius 3 is 2.22 bits per heavy atom. The fraction of sp³-hybridized carbons (Fsp3) is 0.391. The minimum Gasteiger partial charge on any atom is -0.357 e. The number of nitrogens with one attached hydrogen (secondary N) is 2. The lowest BCUT2D eigenvalue weighted by Gasteiger charge is -2.28. The van der Waals surface area contributed by atoms with Crippen LogP contribution in [-0.2, 0) is 32.6 Å². The molecule has 2 aromatic carbocycles. The first kappa shape index (κ1) is 24.2. The van der Waals surface area contributed by atoms with Crippen LogP contribution >= 0.6 is 11.6 Å². The molecule has 0 aliphatic heterocycles. The van der Waals surface area contributed by atoms with Crippen molar-refractivity contribution in [3.8, 4) is 0 Å². The maximum absolute atomic E-state index is 13.0. The zero-order valence-electron chi connectivity index (χ0n) is 18.2. The number of hydrogen-bond donors (Lipinski definition) is 2. The summed E-state index contributed by atoms with van der Waals surface area (Å²) in [7, 11) is -1.96. The molecule has 1 atom stereocenters. The largest absolute Gasteiger partial charge is 0.357 e. The third kappa shape index (κ3) is 6.54. The molecule has 3 rings (SSSR count). The fourth-order valence-electron chi connectivity index (χ4n) is 3.30. The molecular weight excluding hydrogens is 450 g/mol. The predicted octanol–water partition coefficient (Wildman–Crippen LogP) is 2.88. The van der Waals surface area contributed by atoms with E-state index in [4.69, 9.17) is 11.6 Å². The number of carbonyl (C=O) groups excluding carboxylic acids is 2. The van der Waals surface area contributed by atoms with Crippen LogP contribution in [0.2, 0.25) is 5.02 Å². The lowest BCUT2D eigenvalue weighted by atomic mass is 10.1. The van der Waals surface area contributed by atoms with Crippen molar-refractivity contribution in [2.24, 2.45) is 0 Å². The molecule has 7 nitrogen and oxygen atoms in total. The van der Waals surface area contributed by atoms with E-state index >= 15 is 0 Å². The van der Waals surface area contributed by atoms with E-state index in [1.165, 1.54) is 7.05 Å². The molecule has 0 saturated heterocycles. The molecule has 0 aromatic heterocycles. The van der Waals surface area contributed by atoms with Gasteiger partial charge in [0.25, 0.3) is 0 Å². The first-order chi connectivity index (χ1) is 15.2. The Labute approximate surface area is 194 Å². The number of hydrogen-bond acceptors (Lipinski definition) is 4. The van der Waals surface area contributed by atoms with E-state index in [0.717, 1.165) is 24.0 Å². The number of amides is 2. The Hall–Kier alpha value is -2.42. The van der Waals surface area contributed by atoms with Gasteiger partial charge in [0.2, 0.25) is 21.8 Å². The molecular formula is C23H28ClN3O4S. The summed E-state index contributed by atoms with van der Waals surface area (Å²) in [6.07, 6.45) is 2.38. The summed E-state index contributed by atoms with van der Waals surface area (Å²) in [6.45, 7) is 1.98. The van der Waals surface area contributed by atoms with Crippen molar-refractivity contribution in [2.45, 2.75) is 56.1 Å². The second-order valence-corrected chi connectivity index (χ2v) is 10.1. The summed E-state index contributed by atoms with van der Waals surface area (Å²) in [5, 5.41) is 3.19. The number of sulfonamides is 1. The van der Waals surface area contributed by atoms with E-state index in [1.54, 1.807) is 48.2 Å². The zero-order chi connectivity index (χ0) is 23.3. The average Bonchev–Trinajstić information content (AvgIpc) is 3.59. The first-order valence-electron chi connectivity index (χ1n) is 10.6. The molecule has 0 heterocycles. The molecule has 1 aliphatic carbocycles. The van der Waals surface area contributed by atoms with Gasteiger partial charge in [-0.1, -0.05) is 35.9 Å². The Balaban J connectivity index is 1.65. The maximum atomic E-state index is 13.0. The Bertz CT molecular complexity index is 1050. The summed E-state index contributed by atoms with van der Waals surface area (Å²) >= 11 is 5.94. The van der Waals surface area contributed by atoms with Crippen molar-refractivity contribution < 1.29 is 18.0 Å². The first-order valence-corrected chi connectivity index (χ1v) is 12.4. The smallest absolute Gasteiger partial charge is 0.242 e. The van der Waals surface area contributed by atoms with Crippen molar-refractivity contribution in [3.63, 3.8) is 0 Å². The molecule has 0 radical (unpaired) electrons. The van der Waals surface area contributed by atoms with Crippen LogP contribution in [0.1, 0.15) is 37.3 Å². The Kier molecular flexibility index (Phi) is 7.92. The molecule has 9 heteroatoms. The van der Waals surface area contributed by atoms with Crippen molar-refractivity contribution in [1.82, 2.24) is 14.9 Å².